The second-order valence-electron chi connectivity index (χ2n) is 8.75. The summed E-state index contributed by atoms with van der Waals surface area (Å²) >= 11 is 1.51. The van der Waals surface area contributed by atoms with E-state index in [0.29, 0.717) is 24.2 Å². The average Bonchev–Trinajstić information content (AvgIpc) is 3.17. The van der Waals surface area contributed by atoms with Crippen LogP contribution in [0.4, 0.5) is 11.8 Å². The molecule has 158 valence electrons. The summed E-state index contributed by atoms with van der Waals surface area (Å²) in [6, 6.07) is -0.0399. The van der Waals surface area contributed by atoms with E-state index in [2.05, 4.69) is 25.6 Å². The Bertz CT molecular complexity index is 864. The lowest BCUT2D eigenvalue weighted by Crippen LogP contribution is -2.40. The molecule has 4 rings (SSSR count). The van der Waals surface area contributed by atoms with Gasteiger partial charge in [0.1, 0.15) is 16.9 Å². The topological polar surface area (TPSA) is 123 Å². The quantitative estimate of drug-likeness (QED) is 0.483. The molecule has 0 spiro atoms. The average molecular weight is 420 g/mol. The summed E-state index contributed by atoms with van der Waals surface area (Å²) in [5.41, 5.74) is 0.594. The molecular weight excluding hydrogens is 390 g/mol. The second-order valence-corrected chi connectivity index (χ2v) is 9.61. The highest BCUT2D eigenvalue weighted by atomic mass is 32.1. The minimum absolute atomic E-state index is 0.397. The van der Waals surface area contributed by atoms with Crippen molar-refractivity contribution >= 4 is 23.1 Å². The van der Waals surface area contributed by atoms with Crippen molar-refractivity contribution in [2.24, 2.45) is 5.92 Å². The van der Waals surface area contributed by atoms with E-state index in [-0.39, 0.29) is 0 Å². The predicted octanol–water partition coefficient (Wildman–Crippen LogP) is 2.17. The number of hydrogen-bond acceptors (Lipinski definition) is 9. The third-order valence-electron chi connectivity index (χ3n) is 5.99. The SMILES string of the molecule is Cc1csc(-c2cnc(NC3CCC3)nc2N[C@@H]2C[C@H](C(C)(C)O)[C@@H](O)[C@H]2O)n1. The van der Waals surface area contributed by atoms with Crippen LogP contribution >= 0.6 is 11.3 Å². The molecule has 2 aliphatic rings. The van der Waals surface area contributed by atoms with Crippen LogP contribution < -0.4 is 10.6 Å². The summed E-state index contributed by atoms with van der Waals surface area (Å²) in [5.74, 6) is 0.681. The molecule has 0 bridgehead atoms. The van der Waals surface area contributed by atoms with Gasteiger partial charge in [0.15, 0.2) is 0 Å². The molecule has 0 radical (unpaired) electrons. The maximum atomic E-state index is 10.6. The first kappa shape index (κ1) is 20.5. The normalized spacial score (nSPS) is 27.7. The standard InChI is InChI=1S/C20H29N5O3S/c1-10-9-29-18(22-10)12-8-21-19(23-11-5-4-6-11)25-17(12)24-14-7-13(20(2,3)28)15(26)16(14)27/h8-9,11,13-16,26-28H,4-7H2,1-3H3,(H2,21,23,24,25)/t13-,14+,15+,16-/m0/s1. The molecule has 0 saturated heterocycles. The lowest BCUT2D eigenvalue weighted by Gasteiger charge is -2.28. The fraction of sp³-hybridized carbons (Fsp3) is 0.650. The van der Waals surface area contributed by atoms with E-state index >= 15 is 0 Å². The molecule has 0 unspecified atom stereocenters. The Hall–Kier alpha value is -1.81. The Labute approximate surface area is 174 Å². The van der Waals surface area contributed by atoms with Crippen molar-refractivity contribution in [1.82, 2.24) is 15.0 Å². The zero-order valence-electron chi connectivity index (χ0n) is 17.0. The van der Waals surface area contributed by atoms with E-state index in [9.17, 15) is 15.3 Å². The van der Waals surface area contributed by atoms with E-state index in [0.717, 1.165) is 29.1 Å². The van der Waals surface area contributed by atoms with E-state index in [4.69, 9.17) is 0 Å². The fourth-order valence-electron chi connectivity index (χ4n) is 3.99. The van der Waals surface area contributed by atoms with Gasteiger partial charge in [-0.1, -0.05) is 0 Å². The van der Waals surface area contributed by atoms with Crippen molar-refractivity contribution in [3.8, 4) is 10.6 Å². The molecule has 9 heteroatoms. The van der Waals surface area contributed by atoms with Gasteiger partial charge in [0, 0.05) is 29.2 Å². The van der Waals surface area contributed by atoms with Crippen molar-refractivity contribution in [2.45, 2.75) is 76.3 Å². The van der Waals surface area contributed by atoms with Gasteiger partial charge in [-0.3, -0.25) is 0 Å². The molecule has 4 atom stereocenters. The van der Waals surface area contributed by atoms with Crippen LogP contribution in [-0.4, -0.2) is 60.2 Å². The highest BCUT2D eigenvalue weighted by Gasteiger charge is 2.47. The van der Waals surface area contributed by atoms with E-state index in [1.807, 2.05) is 12.3 Å². The van der Waals surface area contributed by atoms with Crippen molar-refractivity contribution in [1.29, 1.82) is 0 Å². The third-order valence-corrected chi connectivity index (χ3v) is 6.98. The van der Waals surface area contributed by atoms with E-state index in [1.54, 1.807) is 20.0 Å². The maximum Gasteiger partial charge on any atom is 0.224 e. The summed E-state index contributed by atoms with van der Waals surface area (Å²) in [4.78, 5) is 13.7. The molecule has 0 amide bonds. The Morgan fingerprint density at radius 3 is 2.45 bits per heavy atom. The maximum absolute atomic E-state index is 10.6. The van der Waals surface area contributed by atoms with Crippen LogP contribution in [0.3, 0.4) is 0 Å². The van der Waals surface area contributed by atoms with Crippen LogP contribution in [0, 0.1) is 12.8 Å². The fourth-order valence-corrected chi connectivity index (χ4v) is 4.79. The molecule has 29 heavy (non-hydrogen) atoms. The molecule has 0 aliphatic heterocycles. The molecule has 2 aromatic rings. The van der Waals surface area contributed by atoms with Gasteiger partial charge in [-0.2, -0.15) is 4.98 Å². The summed E-state index contributed by atoms with van der Waals surface area (Å²) in [6.07, 6.45) is 3.60. The minimum atomic E-state index is -1.09. The summed E-state index contributed by atoms with van der Waals surface area (Å²) < 4.78 is 0. The largest absolute Gasteiger partial charge is 0.390 e. The molecule has 2 fully saturated rings. The van der Waals surface area contributed by atoms with Crippen LogP contribution in [0.15, 0.2) is 11.6 Å². The van der Waals surface area contributed by atoms with Crippen LogP contribution in [-0.2, 0) is 0 Å². The Kier molecular flexibility index (Phi) is 5.50. The summed E-state index contributed by atoms with van der Waals surface area (Å²) in [7, 11) is 0. The number of rotatable bonds is 6. The van der Waals surface area contributed by atoms with Crippen molar-refractivity contribution in [3.05, 3.63) is 17.3 Å². The second kappa shape index (κ2) is 7.79. The van der Waals surface area contributed by atoms with Gasteiger partial charge in [-0.05, 0) is 46.5 Å². The number of nitrogens with zero attached hydrogens (tertiary/aromatic N) is 3. The Morgan fingerprint density at radius 1 is 1.14 bits per heavy atom. The minimum Gasteiger partial charge on any atom is -0.390 e. The van der Waals surface area contributed by atoms with Crippen LogP contribution in [0.1, 0.15) is 45.2 Å². The van der Waals surface area contributed by atoms with Gasteiger partial charge in [-0.25, -0.2) is 9.97 Å². The lowest BCUT2D eigenvalue weighted by molar-refractivity contribution is -0.0601. The Balaban J connectivity index is 1.62. The smallest absolute Gasteiger partial charge is 0.224 e. The molecular formula is C20H29N5O3S. The summed E-state index contributed by atoms with van der Waals surface area (Å²) in [6.45, 7) is 5.25. The first-order valence-corrected chi connectivity index (χ1v) is 11.0. The molecule has 2 heterocycles. The number of aryl methyl sites for hydroxylation is 1. The third kappa shape index (κ3) is 4.23. The van der Waals surface area contributed by atoms with Gasteiger partial charge in [0.05, 0.1) is 23.3 Å². The van der Waals surface area contributed by atoms with Gasteiger partial charge in [0.25, 0.3) is 0 Å². The number of aromatic nitrogens is 3. The molecule has 2 aliphatic carbocycles. The first-order chi connectivity index (χ1) is 13.7. The van der Waals surface area contributed by atoms with Crippen molar-refractivity contribution in [3.63, 3.8) is 0 Å². The molecule has 0 aromatic carbocycles. The number of hydrogen-bond donors (Lipinski definition) is 5. The van der Waals surface area contributed by atoms with Crippen molar-refractivity contribution in [2.75, 3.05) is 10.6 Å². The van der Waals surface area contributed by atoms with Crippen molar-refractivity contribution < 1.29 is 15.3 Å². The highest BCUT2D eigenvalue weighted by Crippen LogP contribution is 2.38. The lowest BCUT2D eigenvalue weighted by atomic mass is 9.88. The molecule has 2 saturated carbocycles. The number of aliphatic hydroxyl groups excluding tert-OH is 2. The number of thiazole rings is 1. The summed E-state index contributed by atoms with van der Waals surface area (Å²) in [5, 5.41) is 40.8. The van der Waals surface area contributed by atoms with Crippen LogP contribution in [0.5, 0.6) is 0 Å². The zero-order chi connectivity index (χ0) is 20.8. The van der Waals surface area contributed by atoms with Gasteiger partial charge in [0.2, 0.25) is 5.95 Å². The van der Waals surface area contributed by atoms with E-state index < -0.39 is 29.8 Å². The monoisotopic (exact) mass is 419 g/mol. The van der Waals surface area contributed by atoms with Gasteiger partial charge in [-0.15, -0.1) is 11.3 Å². The van der Waals surface area contributed by atoms with Crippen LogP contribution in [0.2, 0.25) is 0 Å². The van der Waals surface area contributed by atoms with Gasteiger partial charge >= 0.3 is 0 Å². The van der Waals surface area contributed by atoms with E-state index in [1.165, 1.54) is 17.8 Å². The number of aliphatic hydroxyl groups is 3. The Morgan fingerprint density at radius 2 is 1.90 bits per heavy atom. The zero-order valence-corrected chi connectivity index (χ0v) is 17.8. The molecule has 8 nitrogen and oxygen atoms in total. The molecule has 2 aromatic heterocycles. The number of nitrogens with one attached hydrogen (secondary N) is 2. The highest BCUT2D eigenvalue weighted by molar-refractivity contribution is 7.13. The predicted molar refractivity (Wildman–Crippen MR) is 113 cm³/mol. The number of anilines is 2. The first-order valence-electron chi connectivity index (χ1n) is 10.1. The van der Waals surface area contributed by atoms with Crippen LogP contribution in [0.25, 0.3) is 10.6 Å². The molecule has 5 N–H and O–H groups in total. The van der Waals surface area contributed by atoms with Gasteiger partial charge < -0.3 is 26.0 Å².